The van der Waals surface area contributed by atoms with Gasteiger partial charge in [0.2, 0.25) is 0 Å². The third-order valence-corrected chi connectivity index (χ3v) is 3.45. The molecule has 0 aromatic carbocycles. The molecule has 1 aliphatic rings. The Hall–Kier alpha value is 0.0700. The van der Waals surface area contributed by atoms with Gasteiger partial charge in [-0.05, 0) is 12.8 Å². The summed E-state index contributed by atoms with van der Waals surface area (Å²) in [6.07, 6.45) is 3.30. The second-order valence-corrected chi connectivity index (χ2v) is 4.16. The van der Waals surface area contributed by atoms with E-state index in [0.717, 1.165) is 12.8 Å². The van der Waals surface area contributed by atoms with Crippen molar-refractivity contribution in [3.63, 3.8) is 0 Å². The summed E-state index contributed by atoms with van der Waals surface area (Å²) < 4.78 is 18.8. The SMILES string of the molecule is O=S(O)C1(CO)CCCC1. The van der Waals surface area contributed by atoms with E-state index < -0.39 is 15.8 Å². The first-order valence-corrected chi connectivity index (χ1v) is 4.54. The number of hydrogen-bond acceptors (Lipinski definition) is 2. The molecule has 1 unspecified atom stereocenters. The lowest BCUT2D eigenvalue weighted by Crippen LogP contribution is -2.34. The summed E-state index contributed by atoms with van der Waals surface area (Å²) in [7, 11) is 0. The molecule has 1 fully saturated rings. The molecule has 0 spiro atoms. The molecule has 2 N–H and O–H groups in total. The minimum absolute atomic E-state index is 0.157. The van der Waals surface area contributed by atoms with Gasteiger partial charge >= 0.3 is 0 Å². The predicted octanol–water partition coefficient (Wildman–Crippen LogP) is 0.513. The molecule has 0 bridgehead atoms. The van der Waals surface area contributed by atoms with Crippen molar-refractivity contribution in [3.05, 3.63) is 0 Å². The first-order chi connectivity index (χ1) is 4.71. The van der Waals surface area contributed by atoms with Gasteiger partial charge in [-0.3, -0.25) is 0 Å². The van der Waals surface area contributed by atoms with Crippen molar-refractivity contribution >= 4 is 11.1 Å². The van der Waals surface area contributed by atoms with Crippen LogP contribution in [0.5, 0.6) is 0 Å². The Kier molecular flexibility index (Phi) is 2.44. The van der Waals surface area contributed by atoms with Crippen LogP contribution in [0, 0.1) is 0 Å². The zero-order chi connectivity index (χ0) is 7.61. The maximum atomic E-state index is 10.7. The zero-order valence-electron chi connectivity index (χ0n) is 5.75. The summed E-state index contributed by atoms with van der Waals surface area (Å²) in [4.78, 5) is 0. The van der Waals surface area contributed by atoms with Crippen molar-refractivity contribution in [1.29, 1.82) is 0 Å². The smallest absolute Gasteiger partial charge is 0.161 e. The topological polar surface area (TPSA) is 57.5 Å². The summed E-state index contributed by atoms with van der Waals surface area (Å²) in [5.74, 6) is 0. The van der Waals surface area contributed by atoms with Gasteiger partial charge < -0.3 is 9.66 Å². The van der Waals surface area contributed by atoms with Crippen LogP contribution in [0.4, 0.5) is 0 Å². The van der Waals surface area contributed by atoms with E-state index in [9.17, 15) is 4.21 Å². The van der Waals surface area contributed by atoms with Crippen molar-refractivity contribution in [3.8, 4) is 0 Å². The third-order valence-electron chi connectivity index (χ3n) is 2.17. The first kappa shape index (κ1) is 8.17. The quantitative estimate of drug-likeness (QED) is 0.585. The highest BCUT2D eigenvalue weighted by molar-refractivity contribution is 7.80. The van der Waals surface area contributed by atoms with Gasteiger partial charge in [-0.25, -0.2) is 4.21 Å². The second-order valence-electron chi connectivity index (χ2n) is 2.80. The average Bonchev–Trinajstić information content (AvgIpc) is 2.35. The lowest BCUT2D eigenvalue weighted by molar-refractivity contribution is 0.240. The standard InChI is InChI=1S/C6H12O3S/c7-5-6(10(8)9)3-1-2-4-6/h7H,1-5H2,(H,8,9). The maximum absolute atomic E-state index is 10.7. The fourth-order valence-electron chi connectivity index (χ4n) is 1.41. The molecule has 4 heteroatoms. The molecule has 10 heavy (non-hydrogen) atoms. The monoisotopic (exact) mass is 164 g/mol. The summed E-state index contributed by atoms with van der Waals surface area (Å²) in [6.45, 7) is -0.157. The Balaban J connectivity index is 2.67. The van der Waals surface area contributed by atoms with E-state index in [2.05, 4.69) is 0 Å². The summed E-state index contributed by atoms with van der Waals surface area (Å²) in [5.41, 5.74) is 0. The molecule has 0 amide bonds. The lowest BCUT2D eigenvalue weighted by atomic mass is 10.1. The van der Waals surface area contributed by atoms with Gasteiger partial charge in [-0.15, -0.1) is 0 Å². The van der Waals surface area contributed by atoms with Crippen molar-refractivity contribution in [2.75, 3.05) is 6.61 Å². The minimum atomic E-state index is -1.85. The van der Waals surface area contributed by atoms with Crippen LogP contribution >= 0.6 is 0 Å². The largest absolute Gasteiger partial charge is 0.395 e. The van der Waals surface area contributed by atoms with E-state index >= 15 is 0 Å². The Morgan fingerprint density at radius 2 is 1.90 bits per heavy atom. The van der Waals surface area contributed by atoms with Crippen molar-refractivity contribution in [2.45, 2.75) is 30.4 Å². The molecule has 1 atom stereocenters. The fraction of sp³-hybridized carbons (Fsp3) is 1.00. The first-order valence-electron chi connectivity index (χ1n) is 3.43. The molecule has 0 aromatic rings. The number of aliphatic hydroxyl groups excluding tert-OH is 1. The van der Waals surface area contributed by atoms with Gasteiger partial charge in [0.05, 0.1) is 11.4 Å². The third kappa shape index (κ3) is 1.24. The molecule has 0 aromatic heterocycles. The van der Waals surface area contributed by atoms with E-state index in [1.165, 1.54) is 0 Å². The fourth-order valence-corrected chi connectivity index (χ4v) is 2.16. The Bertz CT molecular complexity index is 140. The zero-order valence-corrected chi connectivity index (χ0v) is 6.56. The molecule has 0 heterocycles. The summed E-state index contributed by atoms with van der Waals surface area (Å²) >= 11 is -1.85. The van der Waals surface area contributed by atoms with Gasteiger partial charge in [-0.1, -0.05) is 12.8 Å². The normalized spacial score (nSPS) is 26.6. The molecule has 0 radical (unpaired) electrons. The number of hydrogen-bond donors (Lipinski definition) is 2. The van der Waals surface area contributed by atoms with Crippen LogP contribution in [0.15, 0.2) is 0 Å². The number of aliphatic hydroxyl groups is 1. The van der Waals surface area contributed by atoms with Gasteiger partial charge in [-0.2, -0.15) is 0 Å². The second kappa shape index (κ2) is 2.98. The van der Waals surface area contributed by atoms with Crippen LogP contribution in [-0.4, -0.2) is 25.2 Å². The molecular formula is C6H12O3S. The molecule has 3 nitrogen and oxygen atoms in total. The van der Waals surface area contributed by atoms with E-state index in [1.807, 2.05) is 0 Å². The van der Waals surface area contributed by atoms with Crippen LogP contribution in [0.2, 0.25) is 0 Å². The Labute approximate surface area is 62.7 Å². The van der Waals surface area contributed by atoms with Crippen LogP contribution in [0.25, 0.3) is 0 Å². The van der Waals surface area contributed by atoms with Gasteiger partial charge in [0.1, 0.15) is 0 Å². The van der Waals surface area contributed by atoms with Crippen molar-refractivity contribution in [1.82, 2.24) is 0 Å². The van der Waals surface area contributed by atoms with Crippen molar-refractivity contribution < 1.29 is 13.9 Å². The van der Waals surface area contributed by atoms with Gasteiger partial charge in [0.25, 0.3) is 0 Å². The van der Waals surface area contributed by atoms with Gasteiger partial charge in [0, 0.05) is 0 Å². The Morgan fingerprint density at radius 1 is 1.40 bits per heavy atom. The van der Waals surface area contributed by atoms with E-state index in [4.69, 9.17) is 9.66 Å². The molecular weight excluding hydrogens is 152 g/mol. The summed E-state index contributed by atoms with van der Waals surface area (Å²) in [6, 6.07) is 0. The van der Waals surface area contributed by atoms with E-state index in [1.54, 1.807) is 0 Å². The number of rotatable bonds is 2. The van der Waals surface area contributed by atoms with Crippen LogP contribution < -0.4 is 0 Å². The molecule has 0 saturated heterocycles. The molecule has 1 saturated carbocycles. The van der Waals surface area contributed by atoms with E-state index in [-0.39, 0.29) is 6.61 Å². The van der Waals surface area contributed by atoms with Crippen molar-refractivity contribution in [2.24, 2.45) is 0 Å². The van der Waals surface area contributed by atoms with Crippen LogP contribution in [0.1, 0.15) is 25.7 Å². The highest BCUT2D eigenvalue weighted by Crippen LogP contribution is 2.33. The Morgan fingerprint density at radius 3 is 2.10 bits per heavy atom. The molecule has 1 rings (SSSR count). The van der Waals surface area contributed by atoms with E-state index in [0.29, 0.717) is 12.8 Å². The average molecular weight is 164 g/mol. The summed E-state index contributed by atoms with van der Waals surface area (Å²) in [5, 5.41) is 8.83. The molecule has 60 valence electrons. The van der Waals surface area contributed by atoms with Crippen LogP contribution in [0.3, 0.4) is 0 Å². The van der Waals surface area contributed by atoms with Gasteiger partial charge in [0.15, 0.2) is 11.1 Å². The lowest BCUT2D eigenvalue weighted by Gasteiger charge is -2.20. The maximum Gasteiger partial charge on any atom is 0.161 e. The molecule has 0 aliphatic heterocycles. The minimum Gasteiger partial charge on any atom is -0.395 e. The predicted molar refractivity (Wildman–Crippen MR) is 39.1 cm³/mol. The highest BCUT2D eigenvalue weighted by atomic mass is 32.2. The highest BCUT2D eigenvalue weighted by Gasteiger charge is 2.38. The molecule has 1 aliphatic carbocycles. The van der Waals surface area contributed by atoms with Crippen LogP contribution in [-0.2, 0) is 11.1 Å².